The van der Waals surface area contributed by atoms with Crippen LogP contribution in [0.15, 0.2) is 61.7 Å². The van der Waals surface area contributed by atoms with Crippen LogP contribution in [0.2, 0.25) is 10.0 Å². The van der Waals surface area contributed by atoms with Gasteiger partial charge in [-0.05, 0) is 94.4 Å². The Kier molecular flexibility index (Phi) is 10.5. The molecule has 0 spiro atoms. The first-order valence-electron chi connectivity index (χ1n) is 20.1. The number of anilines is 4. The van der Waals surface area contributed by atoms with E-state index in [2.05, 4.69) is 64.7 Å². The Balaban J connectivity index is 0.000000150. The number of halogens is 2. The van der Waals surface area contributed by atoms with Crippen molar-refractivity contribution in [2.45, 2.75) is 51.0 Å². The highest BCUT2D eigenvalue weighted by Gasteiger charge is 2.35. The van der Waals surface area contributed by atoms with E-state index in [-0.39, 0.29) is 11.8 Å². The van der Waals surface area contributed by atoms with Crippen molar-refractivity contribution < 1.29 is 14.7 Å². The lowest BCUT2D eigenvalue weighted by atomic mass is 9.87. The lowest BCUT2D eigenvalue weighted by Gasteiger charge is -2.27. The van der Waals surface area contributed by atoms with Crippen molar-refractivity contribution in [2.75, 3.05) is 37.8 Å². The molecule has 0 unspecified atom stereocenters. The zero-order valence-electron chi connectivity index (χ0n) is 33.2. The third-order valence-electron chi connectivity index (χ3n) is 12.1. The van der Waals surface area contributed by atoms with Crippen LogP contribution < -0.4 is 10.6 Å². The van der Waals surface area contributed by atoms with Crippen LogP contribution in [-0.2, 0) is 35.3 Å². The first-order chi connectivity index (χ1) is 29.6. The molecule has 9 heterocycles. The minimum Gasteiger partial charge on any atom is -0.481 e. The fraction of sp³-hybridized carbons (Fsp3) is 0.333. The number of thiophene rings is 2. The summed E-state index contributed by atoms with van der Waals surface area (Å²) in [4.78, 5) is 51.0. The van der Waals surface area contributed by atoms with Crippen LogP contribution in [0.4, 0.5) is 23.0 Å². The van der Waals surface area contributed by atoms with Crippen molar-refractivity contribution in [2.24, 2.45) is 11.8 Å². The summed E-state index contributed by atoms with van der Waals surface area (Å²) in [6, 6.07) is 8.18. The van der Waals surface area contributed by atoms with Gasteiger partial charge in [0.25, 0.3) is 0 Å². The van der Waals surface area contributed by atoms with Crippen molar-refractivity contribution in [3.8, 4) is 0 Å². The van der Waals surface area contributed by atoms with Gasteiger partial charge in [0.05, 0.1) is 49.1 Å². The number of pyridine rings is 2. The fourth-order valence-corrected chi connectivity index (χ4v) is 11.7. The number of rotatable bonds is 7. The highest BCUT2D eigenvalue weighted by molar-refractivity contribution is 7.19. The number of carbonyl (C=O) groups excluding carboxylic acids is 1. The van der Waals surface area contributed by atoms with Crippen molar-refractivity contribution in [3.05, 3.63) is 92.6 Å². The number of carbonyl (C=O) groups is 2. The third-order valence-corrected chi connectivity index (χ3v) is 15.0. The number of nitrogens with one attached hydrogen (secondary N) is 2. The maximum absolute atomic E-state index is 13.3. The quantitative estimate of drug-likeness (QED) is 0.141. The molecule has 1 amide bonds. The number of carboxylic acid groups (broad SMARTS) is 1. The Hall–Kier alpha value is -5.46. The Labute approximate surface area is 367 Å². The molecule has 3 N–H and O–H groups in total. The Morgan fingerprint density at radius 2 is 1.30 bits per heavy atom. The van der Waals surface area contributed by atoms with E-state index in [4.69, 9.17) is 23.2 Å². The van der Waals surface area contributed by atoms with Gasteiger partial charge in [0.2, 0.25) is 5.91 Å². The smallest absolute Gasteiger partial charge is 0.306 e. The van der Waals surface area contributed by atoms with Crippen LogP contribution in [0, 0.1) is 11.8 Å². The van der Waals surface area contributed by atoms with E-state index in [0.29, 0.717) is 47.1 Å². The normalized spacial score (nSPS) is 18.7. The highest BCUT2D eigenvalue weighted by atomic mass is 35.5. The number of amides is 1. The summed E-state index contributed by atoms with van der Waals surface area (Å²) in [7, 11) is 4.19. The van der Waals surface area contributed by atoms with Crippen LogP contribution in [-0.4, -0.2) is 99.2 Å². The Morgan fingerprint density at radius 1 is 0.770 bits per heavy atom. The molecule has 3 atom stereocenters. The molecule has 8 aromatic heterocycles. The number of fused-ring (bicyclic) bond motifs is 8. The average Bonchev–Trinajstić information content (AvgIpc) is 4.10. The fourth-order valence-electron chi connectivity index (χ4n) is 8.78. The van der Waals surface area contributed by atoms with E-state index in [1.165, 1.54) is 16.8 Å². The lowest BCUT2D eigenvalue weighted by Crippen LogP contribution is -2.39. The predicted octanol–water partition coefficient (Wildman–Crippen LogP) is 7.93. The third kappa shape index (κ3) is 7.52. The maximum Gasteiger partial charge on any atom is 0.306 e. The number of likely N-dealkylation sites (tertiary alicyclic amines) is 1. The van der Waals surface area contributed by atoms with Gasteiger partial charge in [-0.2, -0.15) is 10.2 Å². The molecule has 312 valence electrons. The SMILES string of the molecule is CN(C)[C@H]1CCN(C(=O)[C@H]2CCc3c(sc4ncnc(Nc5cc6ccnn6cc5Cl)c34)C2)C1.O=C(O)[C@H]1CCc2c(sc3ncnc(Nc4cc5ccnn5cc4Cl)c23)C1. The summed E-state index contributed by atoms with van der Waals surface area (Å²) in [5, 5.41) is 27.6. The number of aromatic nitrogens is 8. The van der Waals surface area contributed by atoms with Crippen molar-refractivity contribution in [1.82, 2.24) is 49.0 Å². The molecule has 0 radical (unpaired) electrons. The van der Waals surface area contributed by atoms with Crippen LogP contribution in [0.1, 0.15) is 40.1 Å². The van der Waals surface area contributed by atoms with Gasteiger partial charge < -0.3 is 25.5 Å². The molecule has 1 saturated heterocycles. The van der Waals surface area contributed by atoms with E-state index >= 15 is 0 Å². The van der Waals surface area contributed by atoms with E-state index in [1.54, 1.807) is 62.8 Å². The lowest BCUT2D eigenvalue weighted by molar-refractivity contribution is -0.142. The minimum atomic E-state index is -0.733. The summed E-state index contributed by atoms with van der Waals surface area (Å²) in [5.74, 6) is 0.739. The first kappa shape index (κ1) is 39.7. The summed E-state index contributed by atoms with van der Waals surface area (Å²) in [6.07, 6.45) is 15.5. The van der Waals surface area contributed by atoms with Gasteiger partial charge >= 0.3 is 5.97 Å². The molecule has 61 heavy (non-hydrogen) atoms. The number of hydrogen-bond acceptors (Lipinski definition) is 13. The molecule has 2 aliphatic carbocycles. The number of aliphatic carboxylic acids is 1. The largest absolute Gasteiger partial charge is 0.481 e. The van der Waals surface area contributed by atoms with Crippen LogP contribution in [0.3, 0.4) is 0 Å². The minimum absolute atomic E-state index is 0.0459. The molecule has 15 nitrogen and oxygen atoms in total. The second kappa shape index (κ2) is 16.1. The molecule has 1 fully saturated rings. The molecule has 1 aliphatic heterocycles. The predicted molar refractivity (Wildman–Crippen MR) is 239 cm³/mol. The zero-order valence-corrected chi connectivity index (χ0v) is 36.3. The van der Waals surface area contributed by atoms with Gasteiger partial charge in [-0.15, -0.1) is 22.7 Å². The monoisotopic (exact) mass is 894 g/mol. The van der Waals surface area contributed by atoms with E-state index in [9.17, 15) is 14.7 Å². The molecule has 0 saturated carbocycles. The number of hydrogen-bond donors (Lipinski definition) is 3. The molecule has 3 aliphatic rings. The van der Waals surface area contributed by atoms with Crippen molar-refractivity contribution in [1.29, 1.82) is 0 Å². The van der Waals surface area contributed by atoms with Gasteiger partial charge in [0.15, 0.2) is 0 Å². The van der Waals surface area contributed by atoms with E-state index in [1.807, 2.05) is 24.3 Å². The molecular weight excluding hydrogens is 856 g/mol. The number of likely N-dealkylation sites (N-methyl/N-ethyl adjacent to an activating group) is 1. The average molecular weight is 896 g/mol. The number of aryl methyl sites for hydroxylation is 2. The highest BCUT2D eigenvalue weighted by Crippen LogP contribution is 2.43. The number of carboxylic acids is 1. The second-order valence-electron chi connectivity index (χ2n) is 15.9. The van der Waals surface area contributed by atoms with E-state index < -0.39 is 5.97 Å². The molecule has 19 heteroatoms. The van der Waals surface area contributed by atoms with Gasteiger partial charge in [-0.3, -0.25) is 9.59 Å². The van der Waals surface area contributed by atoms with E-state index in [0.717, 1.165) is 97.9 Å². The topological polar surface area (TPSA) is 171 Å². The first-order valence-corrected chi connectivity index (χ1v) is 22.4. The molecule has 0 aromatic carbocycles. The zero-order chi connectivity index (χ0) is 41.9. The van der Waals surface area contributed by atoms with Crippen LogP contribution in [0.25, 0.3) is 31.5 Å². The van der Waals surface area contributed by atoms with Crippen LogP contribution >= 0.6 is 45.9 Å². The molecule has 11 rings (SSSR count). The summed E-state index contributed by atoms with van der Waals surface area (Å²) in [6.45, 7) is 1.70. The van der Waals surface area contributed by atoms with Gasteiger partial charge in [0.1, 0.15) is 34.0 Å². The van der Waals surface area contributed by atoms with Crippen LogP contribution in [0.5, 0.6) is 0 Å². The second-order valence-corrected chi connectivity index (χ2v) is 18.9. The standard InChI is InChI=1S/C24H26ClN7OS.C18H14ClN5O2S/c1-30(2)16-6-8-31(11-16)24(33)14-3-4-17-20(9-14)34-23-21(17)22(26-13-27-23)29-19-10-15-5-7-28-32(15)12-18(19)25;19-12-7-24-10(3-4-22-24)6-13(12)23-16-15-11-2-1-9(18(25)26)5-14(11)27-17(15)21-8-20-16/h5,7,10,12-14,16H,3-4,6,8-9,11H2,1-2H3,(H,26,27,29);3-4,6-9H,1-2,5H2,(H,25,26)(H,20,21,23)/t14-,16-;9-/m00/s1. The van der Waals surface area contributed by atoms with Crippen molar-refractivity contribution >= 4 is 112 Å². The Bertz CT molecular complexity index is 3000. The Morgan fingerprint density at radius 3 is 1.80 bits per heavy atom. The maximum atomic E-state index is 13.3. The molecule has 0 bridgehead atoms. The molecular formula is C42H40Cl2N12O3S2. The van der Waals surface area contributed by atoms with Gasteiger partial charge in [0, 0.05) is 59.6 Å². The summed E-state index contributed by atoms with van der Waals surface area (Å²) < 4.78 is 3.45. The number of nitrogens with zero attached hydrogens (tertiary/aromatic N) is 10. The van der Waals surface area contributed by atoms with Gasteiger partial charge in [-0.1, -0.05) is 23.2 Å². The van der Waals surface area contributed by atoms with Crippen molar-refractivity contribution in [3.63, 3.8) is 0 Å². The molecule has 8 aromatic rings. The summed E-state index contributed by atoms with van der Waals surface area (Å²) in [5.41, 5.74) is 5.80. The summed E-state index contributed by atoms with van der Waals surface area (Å²) >= 11 is 16.2. The van der Waals surface area contributed by atoms with Gasteiger partial charge in [-0.25, -0.2) is 29.0 Å².